The van der Waals surface area contributed by atoms with Gasteiger partial charge in [-0.15, -0.1) is 0 Å². The number of aliphatic hydroxyl groups is 2. The van der Waals surface area contributed by atoms with Gasteiger partial charge in [0.15, 0.2) is 0 Å². The van der Waals surface area contributed by atoms with E-state index in [9.17, 15) is 0 Å². The van der Waals surface area contributed by atoms with Gasteiger partial charge < -0.3 is 10.2 Å². The zero-order valence-corrected chi connectivity index (χ0v) is 14.0. The Kier molecular flexibility index (Phi) is 19.4. The molecule has 4 heteroatoms. The van der Waals surface area contributed by atoms with Crippen molar-refractivity contribution < 1.29 is 29.6 Å². The van der Waals surface area contributed by atoms with E-state index >= 15 is 0 Å². The normalized spacial score (nSPS) is 35.7. The Balaban J connectivity index is -0.000000245. The molecule has 0 aromatic heterocycles. The summed E-state index contributed by atoms with van der Waals surface area (Å²) in [6.45, 7) is 12.0. The van der Waals surface area contributed by atoms with Gasteiger partial charge in [0.05, 0.1) is 0 Å². The van der Waals surface area contributed by atoms with Crippen LogP contribution in [0.15, 0.2) is 0 Å². The Bertz CT molecular complexity index is 91.4. The van der Waals surface area contributed by atoms with Gasteiger partial charge in [-0.2, -0.15) is 0 Å². The minimum absolute atomic E-state index is 0.935. The molecule has 0 spiro atoms. The molecule has 0 unspecified atom stereocenters. The summed E-state index contributed by atoms with van der Waals surface area (Å²) < 4.78 is 0. The van der Waals surface area contributed by atoms with Crippen LogP contribution in [-0.4, -0.2) is 24.4 Å². The number of halogens is 1. The van der Waals surface area contributed by atoms with E-state index in [2.05, 4.69) is 43.9 Å². The van der Waals surface area contributed by atoms with E-state index in [1.807, 2.05) is 0 Å². The maximum absolute atomic E-state index is 7.00. The molecule has 0 aliphatic heterocycles. The van der Waals surface area contributed by atoms with Crippen LogP contribution in [-0.2, 0) is 19.4 Å². The summed E-state index contributed by atoms with van der Waals surface area (Å²) in [7, 11) is 6.64. The molecule has 0 heterocycles. The van der Waals surface area contributed by atoms with E-state index in [1.165, 1.54) is 19.4 Å². The molecule has 2 N–H and O–H groups in total. The van der Waals surface area contributed by atoms with Gasteiger partial charge in [0.25, 0.3) is 0 Å². The fourth-order valence-electron chi connectivity index (χ4n) is 2.39. The molecule has 0 atom stereocenters. The van der Waals surface area contributed by atoms with Crippen molar-refractivity contribution in [1.29, 1.82) is 0 Å². The molecule has 1 aliphatic rings. The summed E-state index contributed by atoms with van der Waals surface area (Å²) in [6.07, 6.45) is 0. The molecule has 0 bridgehead atoms. The van der Waals surface area contributed by atoms with Crippen LogP contribution >= 0.6 is 9.30 Å². The molecule has 1 rings (SSSR count). The van der Waals surface area contributed by atoms with Crippen LogP contribution in [0.1, 0.15) is 34.6 Å². The molecule has 0 radical (unpaired) electrons. The molecule has 16 heavy (non-hydrogen) atoms. The fourth-order valence-corrected chi connectivity index (χ4v) is 2.39. The predicted octanol–water partition coefficient (Wildman–Crippen LogP) is 3.08. The zero-order valence-electron chi connectivity index (χ0n) is 11.7. The number of hydrogen-bond acceptors (Lipinski definition) is 2. The summed E-state index contributed by atoms with van der Waals surface area (Å²) in [6, 6.07) is 0. The van der Waals surface area contributed by atoms with Gasteiger partial charge in [0, 0.05) is 14.2 Å². The maximum atomic E-state index is 7.00. The van der Waals surface area contributed by atoms with E-state index in [-0.39, 0.29) is 0 Å². The van der Waals surface area contributed by atoms with Crippen molar-refractivity contribution in [3.8, 4) is 0 Å². The van der Waals surface area contributed by atoms with Crippen molar-refractivity contribution in [2.75, 3.05) is 14.2 Å². The zero-order chi connectivity index (χ0) is 13.9. The number of hydrogen-bond donors (Lipinski definition) is 2. The Morgan fingerprint density at radius 1 is 0.562 bits per heavy atom. The van der Waals surface area contributed by atoms with Crippen LogP contribution in [0.5, 0.6) is 0 Å². The standard InChI is InChI=1S/C10H20.2CH4O.ClH.Ti/c1-6-7(2)9(4)10(5)8(6)3;2*1-2;;/h6-10H,1-5H3;2*2H,1H3;1H;/q;;;;+2/p-1. The van der Waals surface area contributed by atoms with Gasteiger partial charge in [-0.25, -0.2) is 0 Å². The average molecular weight is 288 g/mol. The van der Waals surface area contributed by atoms with Gasteiger partial charge in [-0.1, -0.05) is 34.6 Å². The van der Waals surface area contributed by atoms with Crippen LogP contribution in [0, 0.1) is 29.6 Å². The van der Waals surface area contributed by atoms with E-state index in [0.717, 1.165) is 43.8 Å². The average Bonchev–Trinajstić information content (AvgIpc) is 2.55. The van der Waals surface area contributed by atoms with Crippen LogP contribution in [0.4, 0.5) is 0 Å². The summed E-state index contributed by atoms with van der Waals surface area (Å²) in [4.78, 5) is 0. The first-order valence-electron chi connectivity index (χ1n) is 5.64. The third kappa shape index (κ3) is 6.61. The molecule has 1 fully saturated rings. The van der Waals surface area contributed by atoms with E-state index in [0.29, 0.717) is 0 Å². The number of aliphatic hydroxyl groups excluding tert-OH is 2. The molecular weight excluding hydrogens is 259 g/mol. The van der Waals surface area contributed by atoms with Gasteiger partial charge in [0.1, 0.15) is 0 Å². The summed E-state index contributed by atoms with van der Waals surface area (Å²) >= 11 is 1.47. The molecule has 98 valence electrons. The van der Waals surface area contributed by atoms with Crippen LogP contribution in [0.25, 0.3) is 0 Å². The number of rotatable bonds is 0. The summed E-state index contributed by atoms with van der Waals surface area (Å²) in [5, 5.41) is 14.0. The molecule has 0 aromatic rings. The Morgan fingerprint density at radius 3 is 0.688 bits per heavy atom. The topological polar surface area (TPSA) is 40.5 Å². The Labute approximate surface area is 117 Å². The molecule has 0 saturated heterocycles. The van der Waals surface area contributed by atoms with Crippen LogP contribution in [0.3, 0.4) is 0 Å². The van der Waals surface area contributed by atoms with Crippen LogP contribution < -0.4 is 0 Å². The fraction of sp³-hybridized carbons (Fsp3) is 1.00. The first-order chi connectivity index (χ1) is 7.55. The third-order valence-electron chi connectivity index (χ3n) is 4.15. The van der Waals surface area contributed by atoms with Gasteiger partial charge >= 0.3 is 28.7 Å². The van der Waals surface area contributed by atoms with Crippen molar-refractivity contribution in [2.45, 2.75) is 34.6 Å². The predicted molar refractivity (Wildman–Crippen MR) is 68.0 cm³/mol. The van der Waals surface area contributed by atoms with E-state index < -0.39 is 0 Å². The van der Waals surface area contributed by atoms with Crippen molar-refractivity contribution in [3.05, 3.63) is 0 Å². The molecule has 0 aromatic carbocycles. The third-order valence-corrected chi connectivity index (χ3v) is 4.15. The van der Waals surface area contributed by atoms with Crippen LogP contribution in [0.2, 0.25) is 0 Å². The monoisotopic (exact) mass is 287 g/mol. The summed E-state index contributed by atoms with van der Waals surface area (Å²) in [5.41, 5.74) is 0. The van der Waals surface area contributed by atoms with Crippen molar-refractivity contribution in [3.63, 3.8) is 0 Å². The van der Waals surface area contributed by atoms with Gasteiger partial charge in [-0.3, -0.25) is 0 Å². The molecular formula is C12H28ClO2Ti+. The quantitative estimate of drug-likeness (QED) is 0.672. The van der Waals surface area contributed by atoms with Crippen molar-refractivity contribution in [1.82, 2.24) is 0 Å². The van der Waals surface area contributed by atoms with Gasteiger partial charge in [0.2, 0.25) is 0 Å². The first-order valence-corrected chi connectivity index (χ1v) is 7.79. The second kappa shape index (κ2) is 14.0. The molecule has 2 nitrogen and oxygen atoms in total. The van der Waals surface area contributed by atoms with E-state index in [4.69, 9.17) is 10.2 Å². The minimum atomic E-state index is 0.935. The van der Waals surface area contributed by atoms with E-state index in [1.54, 1.807) is 0 Å². The molecule has 1 saturated carbocycles. The Morgan fingerprint density at radius 2 is 0.625 bits per heavy atom. The first kappa shape index (κ1) is 22.1. The van der Waals surface area contributed by atoms with Crippen molar-refractivity contribution in [2.24, 2.45) is 29.6 Å². The second-order valence-corrected chi connectivity index (χ2v) is 4.30. The second-order valence-electron chi connectivity index (χ2n) is 4.30. The van der Waals surface area contributed by atoms with Crippen molar-refractivity contribution >= 4 is 9.30 Å². The molecule has 0 amide bonds. The van der Waals surface area contributed by atoms with Gasteiger partial charge in [-0.05, 0) is 29.6 Å². The molecule has 1 aliphatic carbocycles. The SMILES string of the molecule is CC1C(C)C(C)C(C)C1C.CO.CO.[Cl][Ti+]. The summed E-state index contributed by atoms with van der Waals surface area (Å²) in [5.74, 6) is 4.68. The Hall–Kier alpha value is 0.924.